The molecule has 1 aliphatic rings. The molecule has 1 aromatic rings. The lowest BCUT2D eigenvalue weighted by Crippen LogP contribution is -2.35. The van der Waals surface area contributed by atoms with E-state index in [2.05, 4.69) is 46.8 Å². The van der Waals surface area contributed by atoms with Crippen LogP contribution in [0.2, 0.25) is 0 Å². The lowest BCUT2D eigenvalue weighted by atomic mass is 9.86. The van der Waals surface area contributed by atoms with Crippen molar-refractivity contribution in [2.24, 2.45) is 13.0 Å². The Hall–Kier alpha value is -0.350. The third-order valence-corrected chi connectivity index (χ3v) is 5.22. The Morgan fingerprint density at radius 1 is 1.44 bits per heavy atom. The summed E-state index contributed by atoms with van der Waals surface area (Å²) < 4.78 is 3.17. The fourth-order valence-corrected chi connectivity index (χ4v) is 3.48. The standard InChI is InChI=1S/C14H24BrN3/c1-10-6-5-7-12(8-10)17(3)9-13-14(15)11(2)16-18(13)4/h10,12H,5-9H2,1-4H3. The van der Waals surface area contributed by atoms with E-state index in [0.717, 1.165) is 24.2 Å². The minimum absolute atomic E-state index is 0.732. The van der Waals surface area contributed by atoms with Crippen LogP contribution in [0.5, 0.6) is 0 Å². The molecule has 1 heterocycles. The maximum Gasteiger partial charge on any atom is 0.0739 e. The zero-order valence-electron chi connectivity index (χ0n) is 11.9. The first-order valence-corrected chi connectivity index (χ1v) is 7.66. The van der Waals surface area contributed by atoms with E-state index in [-0.39, 0.29) is 0 Å². The summed E-state index contributed by atoms with van der Waals surface area (Å²) in [6.07, 6.45) is 5.46. The van der Waals surface area contributed by atoms with E-state index in [1.54, 1.807) is 0 Å². The van der Waals surface area contributed by atoms with E-state index in [1.165, 1.54) is 35.8 Å². The topological polar surface area (TPSA) is 21.1 Å². The monoisotopic (exact) mass is 313 g/mol. The summed E-state index contributed by atoms with van der Waals surface area (Å²) in [5, 5.41) is 4.47. The number of rotatable bonds is 3. The number of nitrogens with zero attached hydrogens (tertiary/aromatic N) is 3. The summed E-state index contributed by atoms with van der Waals surface area (Å²) in [7, 11) is 4.28. The zero-order valence-corrected chi connectivity index (χ0v) is 13.5. The van der Waals surface area contributed by atoms with Crippen molar-refractivity contribution >= 4 is 15.9 Å². The number of hydrogen-bond donors (Lipinski definition) is 0. The molecule has 4 heteroatoms. The quantitative estimate of drug-likeness (QED) is 0.851. The van der Waals surface area contributed by atoms with Crippen LogP contribution in [0.3, 0.4) is 0 Å². The molecule has 1 saturated carbocycles. The van der Waals surface area contributed by atoms with Crippen LogP contribution in [0.1, 0.15) is 44.0 Å². The van der Waals surface area contributed by atoms with Crippen molar-refractivity contribution in [3.05, 3.63) is 15.9 Å². The van der Waals surface area contributed by atoms with Gasteiger partial charge in [-0.05, 0) is 48.7 Å². The summed E-state index contributed by atoms with van der Waals surface area (Å²) in [5.41, 5.74) is 2.37. The lowest BCUT2D eigenvalue weighted by molar-refractivity contribution is 0.154. The number of aryl methyl sites for hydroxylation is 2. The maximum absolute atomic E-state index is 4.47. The number of aromatic nitrogens is 2. The van der Waals surface area contributed by atoms with Gasteiger partial charge in [-0.15, -0.1) is 0 Å². The highest BCUT2D eigenvalue weighted by Gasteiger charge is 2.23. The molecule has 2 atom stereocenters. The Bertz CT molecular complexity index is 413. The van der Waals surface area contributed by atoms with Crippen LogP contribution >= 0.6 is 15.9 Å². The van der Waals surface area contributed by atoms with Gasteiger partial charge >= 0.3 is 0 Å². The van der Waals surface area contributed by atoms with Crippen molar-refractivity contribution in [2.75, 3.05) is 7.05 Å². The Morgan fingerprint density at radius 3 is 2.72 bits per heavy atom. The molecule has 18 heavy (non-hydrogen) atoms. The van der Waals surface area contributed by atoms with Crippen molar-refractivity contribution in [2.45, 2.75) is 52.1 Å². The number of hydrogen-bond acceptors (Lipinski definition) is 2. The van der Waals surface area contributed by atoms with Crippen LogP contribution in [0.25, 0.3) is 0 Å². The Balaban J connectivity index is 2.04. The maximum atomic E-state index is 4.47. The molecule has 1 aliphatic carbocycles. The average molecular weight is 314 g/mol. The van der Waals surface area contributed by atoms with Crippen LogP contribution in [0.4, 0.5) is 0 Å². The smallest absolute Gasteiger partial charge is 0.0739 e. The third kappa shape index (κ3) is 2.97. The fourth-order valence-electron chi connectivity index (χ4n) is 3.02. The van der Waals surface area contributed by atoms with Crippen LogP contribution in [-0.4, -0.2) is 27.8 Å². The summed E-state index contributed by atoms with van der Waals surface area (Å²) in [5.74, 6) is 0.878. The fraction of sp³-hybridized carbons (Fsp3) is 0.786. The van der Waals surface area contributed by atoms with Crippen molar-refractivity contribution in [3.8, 4) is 0 Å². The Morgan fingerprint density at radius 2 is 2.17 bits per heavy atom. The van der Waals surface area contributed by atoms with E-state index in [9.17, 15) is 0 Å². The molecule has 0 aliphatic heterocycles. The first-order valence-electron chi connectivity index (χ1n) is 6.87. The van der Waals surface area contributed by atoms with Gasteiger partial charge in [0, 0.05) is 19.6 Å². The van der Waals surface area contributed by atoms with Gasteiger partial charge in [-0.3, -0.25) is 9.58 Å². The average Bonchev–Trinajstić information content (AvgIpc) is 2.56. The van der Waals surface area contributed by atoms with E-state index < -0.39 is 0 Å². The molecule has 0 bridgehead atoms. The second-order valence-electron chi connectivity index (χ2n) is 5.81. The van der Waals surface area contributed by atoms with Crippen molar-refractivity contribution < 1.29 is 0 Å². The van der Waals surface area contributed by atoms with Gasteiger partial charge in [0.05, 0.1) is 15.9 Å². The molecular weight excluding hydrogens is 290 g/mol. The van der Waals surface area contributed by atoms with Gasteiger partial charge < -0.3 is 0 Å². The van der Waals surface area contributed by atoms with Gasteiger partial charge in [-0.1, -0.05) is 19.8 Å². The first-order chi connectivity index (χ1) is 8.49. The predicted molar refractivity (Wildman–Crippen MR) is 78.5 cm³/mol. The molecule has 0 aromatic carbocycles. The largest absolute Gasteiger partial charge is 0.298 e. The molecule has 102 valence electrons. The number of halogens is 1. The van der Waals surface area contributed by atoms with E-state index >= 15 is 0 Å². The van der Waals surface area contributed by atoms with Crippen LogP contribution in [0, 0.1) is 12.8 Å². The Kier molecular flexibility index (Phi) is 4.49. The molecule has 0 spiro atoms. The van der Waals surface area contributed by atoms with Gasteiger partial charge in [-0.2, -0.15) is 5.10 Å². The first kappa shape index (κ1) is 14.1. The molecular formula is C14H24BrN3. The molecule has 2 rings (SSSR count). The van der Waals surface area contributed by atoms with Crippen LogP contribution in [-0.2, 0) is 13.6 Å². The normalized spacial score (nSPS) is 24.8. The van der Waals surface area contributed by atoms with Crippen LogP contribution < -0.4 is 0 Å². The summed E-state index contributed by atoms with van der Waals surface area (Å²) in [6, 6.07) is 0.732. The molecule has 0 N–H and O–H groups in total. The predicted octanol–water partition coefficient (Wildman–Crippen LogP) is 3.50. The highest BCUT2D eigenvalue weighted by molar-refractivity contribution is 9.10. The third-order valence-electron chi connectivity index (χ3n) is 4.19. The van der Waals surface area contributed by atoms with Crippen LogP contribution in [0.15, 0.2) is 4.47 Å². The molecule has 2 unspecified atom stereocenters. The summed E-state index contributed by atoms with van der Waals surface area (Å²) in [4.78, 5) is 2.50. The van der Waals surface area contributed by atoms with E-state index in [1.807, 2.05) is 11.7 Å². The molecule has 3 nitrogen and oxygen atoms in total. The van der Waals surface area contributed by atoms with Gasteiger partial charge in [-0.25, -0.2) is 0 Å². The summed E-state index contributed by atoms with van der Waals surface area (Å²) in [6.45, 7) is 5.41. The lowest BCUT2D eigenvalue weighted by Gasteiger charge is -2.34. The van der Waals surface area contributed by atoms with Gasteiger partial charge in [0.1, 0.15) is 0 Å². The second kappa shape index (κ2) is 5.74. The van der Waals surface area contributed by atoms with Crippen molar-refractivity contribution in [1.29, 1.82) is 0 Å². The minimum atomic E-state index is 0.732. The molecule has 0 saturated heterocycles. The van der Waals surface area contributed by atoms with Gasteiger partial charge in [0.25, 0.3) is 0 Å². The molecule has 0 amide bonds. The second-order valence-corrected chi connectivity index (χ2v) is 6.60. The highest BCUT2D eigenvalue weighted by atomic mass is 79.9. The van der Waals surface area contributed by atoms with Crippen molar-refractivity contribution in [1.82, 2.24) is 14.7 Å². The highest BCUT2D eigenvalue weighted by Crippen LogP contribution is 2.29. The minimum Gasteiger partial charge on any atom is -0.298 e. The van der Waals surface area contributed by atoms with Gasteiger partial charge in [0.2, 0.25) is 0 Å². The Labute approximate surface area is 119 Å². The van der Waals surface area contributed by atoms with E-state index in [0.29, 0.717) is 0 Å². The zero-order chi connectivity index (χ0) is 13.3. The van der Waals surface area contributed by atoms with E-state index in [4.69, 9.17) is 0 Å². The molecule has 1 aromatic heterocycles. The van der Waals surface area contributed by atoms with Crippen molar-refractivity contribution in [3.63, 3.8) is 0 Å². The van der Waals surface area contributed by atoms with Gasteiger partial charge in [0.15, 0.2) is 0 Å². The summed E-state index contributed by atoms with van der Waals surface area (Å²) >= 11 is 3.66. The molecule has 1 fully saturated rings. The SMILES string of the molecule is Cc1nn(C)c(CN(C)C2CCCC(C)C2)c1Br. The molecule has 0 radical (unpaired) electrons.